The van der Waals surface area contributed by atoms with E-state index in [0.717, 1.165) is 29.9 Å². The van der Waals surface area contributed by atoms with E-state index in [0.29, 0.717) is 0 Å². The molecule has 4 heteroatoms. The molecule has 0 radical (unpaired) electrons. The van der Waals surface area contributed by atoms with E-state index in [4.69, 9.17) is 0 Å². The van der Waals surface area contributed by atoms with Gasteiger partial charge in [0.25, 0.3) is 0 Å². The molecule has 2 aromatic rings. The first-order chi connectivity index (χ1) is 8.25. The van der Waals surface area contributed by atoms with Gasteiger partial charge in [0.15, 0.2) is 0 Å². The molecule has 1 atom stereocenters. The van der Waals surface area contributed by atoms with E-state index in [2.05, 4.69) is 10.4 Å². The van der Waals surface area contributed by atoms with Gasteiger partial charge in [-0.25, -0.2) is 9.07 Å². The van der Waals surface area contributed by atoms with Crippen molar-refractivity contribution in [1.29, 1.82) is 0 Å². The molecule has 0 aliphatic carbocycles. The van der Waals surface area contributed by atoms with Crippen LogP contribution < -0.4 is 5.32 Å². The second-order valence-corrected chi connectivity index (χ2v) is 4.41. The van der Waals surface area contributed by atoms with Crippen molar-refractivity contribution in [2.75, 3.05) is 11.9 Å². The number of halogens is 1. The topological polar surface area (TPSA) is 29.9 Å². The minimum atomic E-state index is -0.188. The zero-order chi connectivity index (χ0) is 11.8. The molecule has 0 spiro atoms. The first-order valence-corrected chi connectivity index (χ1v) is 5.79. The molecule has 1 aromatic heterocycles. The summed E-state index contributed by atoms with van der Waals surface area (Å²) < 4.78 is 15.2. The Bertz CT molecular complexity index is 547. The molecule has 88 valence electrons. The number of nitrogens with one attached hydrogen (secondary N) is 1. The maximum atomic E-state index is 13.3. The second kappa shape index (κ2) is 3.87. The van der Waals surface area contributed by atoms with Crippen LogP contribution in [-0.2, 0) is 0 Å². The average Bonchev–Trinajstić information content (AvgIpc) is 2.71. The van der Waals surface area contributed by atoms with Crippen molar-refractivity contribution in [3.8, 4) is 0 Å². The number of hydrogen-bond donors (Lipinski definition) is 1. The molecule has 3 nitrogen and oxygen atoms in total. The third-order valence-corrected chi connectivity index (χ3v) is 3.22. The lowest BCUT2D eigenvalue weighted by Gasteiger charge is -2.26. The van der Waals surface area contributed by atoms with Crippen LogP contribution >= 0.6 is 0 Å². The minimum Gasteiger partial charge on any atom is -0.370 e. The Labute approximate surface area is 99.3 Å². The Morgan fingerprint density at radius 2 is 2.35 bits per heavy atom. The predicted octanol–water partition coefficient (Wildman–Crippen LogP) is 2.74. The maximum Gasteiger partial charge on any atom is 0.127 e. The second-order valence-electron chi connectivity index (χ2n) is 4.41. The molecule has 0 amide bonds. The summed E-state index contributed by atoms with van der Waals surface area (Å²) >= 11 is 0. The van der Waals surface area contributed by atoms with Gasteiger partial charge >= 0.3 is 0 Å². The van der Waals surface area contributed by atoms with Crippen LogP contribution in [-0.4, -0.2) is 16.3 Å². The highest BCUT2D eigenvalue weighted by atomic mass is 19.1. The molecule has 0 saturated heterocycles. The number of nitrogens with zero attached hydrogens (tertiary/aromatic N) is 2. The number of fused-ring (bicyclic) bond motifs is 1. The molecule has 2 heterocycles. The standard InChI is InChI=1S/C13H14FN3/c1-9-8-16-17-12(5-6-15-13(9)17)10-3-2-4-11(14)7-10/h2-4,7-8,12,15H,5-6H2,1H3. The highest BCUT2D eigenvalue weighted by Crippen LogP contribution is 2.30. The summed E-state index contributed by atoms with van der Waals surface area (Å²) in [5, 5.41) is 7.71. The Morgan fingerprint density at radius 3 is 3.18 bits per heavy atom. The van der Waals surface area contributed by atoms with E-state index >= 15 is 0 Å². The molecular weight excluding hydrogens is 217 g/mol. The Balaban J connectivity index is 2.06. The van der Waals surface area contributed by atoms with Crippen LogP contribution in [0.5, 0.6) is 0 Å². The Kier molecular flexibility index (Phi) is 2.35. The molecule has 17 heavy (non-hydrogen) atoms. The van der Waals surface area contributed by atoms with Crippen molar-refractivity contribution in [3.05, 3.63) is 47.4 Å². The number of aryl methyl sites for hydroxylation is 1. The summed E-state index contributed by atoms with van der Waals surface area (Å²) in [4.78, 5) is 0. The highest BCUT2D eigenvalue weighted by molar-refractivity contribution is 5.46. The van der Waals surface area contributed by atoms with Crippen LogP contribution in [0.3, 0.4) is 0 Å². The van der Waals surface area contributed by atoms with E-state index in [1.807, 2.05) is 23.9 Å². The van der Waals surface area contributed by atoms with E-state index in [-0.39, 0.29) is 11.9 Å². The number of rotatable bonds is 1. The van der Waals surface area contributed by atoms with Gasteiger partial charge in [0.1, 0.15) is 11.6 Å². The predicted molar refractivity (Wildman–Crippen MR) is 64.6 cm³/mol. The van der Waals surface area contributed by atoms with Gasteiger partial charge in [-0.15, -0.1) is 0 Å². The normalized spacial score (nSPS) is 18.6. The van der Waals surface area contributed by atoms with E-state index < -0.39 is 0 Å². The number of hydrogen-bond acceptors (Lipinski definition) is 2. The fourth-order valence-corrected chi connectivity index (χ4v) is 2.38. The molecule has 1 aromatic carbocycles. The fraction of sp³-hybridized carbons (Fsp3) is 0.308. The Hall–Kier alpha value is -1.84. The molecule has 0 saturated carbocycles. The molecule has 3 rings (SSSR count). The van der Waals surface area contributed by atoms with Crippen LogP contribution in [0.15, 0.2) is 30.5 Å². The molecular formula is C13H14FN3. The average molecular weight is 231 g/mol. The van der Waals surface area contributed by atoms with Crippen molar-refractivity contribution in [3.63, 3.8) is 0 Å². The fourth-order valence-electron chi connectivity index (χ4n) is 2.38. The third-order valence-electron chi connectivity index (χ3n) is 3.22. The van der Waals surface area contributed by atoms with Crippen molar-refractivity contribution in [2.45, 2.75) is 19.4 Å². The summed E-state index contributed by atoms with van der Waals surface area (Å²) in [7, 11) is 0. The molecule has 0 bridgehead atoms. The van der Waals surface area contributed by atoms with Crippen LogP contribution in [0.2, 0.25) is 0 Å². The molecule has 0 fully saturated rings. The van der Waals surface area contributed by atoms with Crippen LogP contribution in [0.4, 0.5) is 10.2 Å². The summed E-state index contributed by atoms with van der Waals surface area (Å²) in [6, 6.07) is 6.91. The summed E-state index contributed by atoms with van der Waals surface area (Å²) in [6.07, 6.45) is 2.78. The molecule has 1 unspecified atom stereocenters. The van der Waals surface area contributed by atoms with Crippen LogP contribution in [0.25, 0.3) is 0 Å². The van der Waals surface area contributed by atoms with E-state index in [1.165, 1.54) is 6.07 Å². The lowest BCUT2D eigenvalue weighted by molar-refractivity contribution is 0.478. The molecule has 1 N–H and O–H groups in total. The number of benzene rings is 1. The van der Waals surface area contributed by atoms with E-state index in [1.54, 1.807) is 12.1 Å². The zero-order valence-electron chi connectivity index (χ0n) is 9.65. The largest absolute Gasteiger partial charge is 0.370 e. The first kappa shape index (κ1) is 10.3. The van der Waals surface area contributed by atoms with Crippen molar-refractivity contribution in [2.24, 2.45) is 0 Å². The smallest absolute Gasteiger partial charge is 0.127 e. The van der Waals surface area contributed by atoms with Gasteiger partial charge < -0.3 is 5.32 Å². The van der Waals surface area contributed by atoms with Gasteiger partial charge in [-0.05, 0) is 31.0 Å². The summed E-state index contributed by atoms with van der Waals surface area (Å²) in [6.45, 7) is 2.92. The SMILES string of the molecule is Cc1cnn2c1NCCC2c1cccc(F)c1. The van der Waals surface area contributed by atoms with Gasteiger partial charge in [0.05, 0.1) is 12.2 Å². The molecule has 1 aliphatic heterocycles. The van der Waals surface area contributed by atoms with Gasteiger partial charge in [0, 0.05) is 12.1 Å². The minimum absolute atomic E-state index is 0.135. The van der Waals surface area contributed by atoms with Gasteiger partial charge in [-0.2, -0.15) is 5.10 Å². The van der Waals surface area contributed by atoms with Crippen molar-refractivity contribution < 1.29 is 4.39 Å². The maximum absolute atomic E-state index is 13.3. The van der Waals surface area contributed by atoms with E-state index in [9.17, 15) is 4.39 Å². The molecule has 1 aliphatic rings. The van der Waals surface area contributed by atoms with Gasteiger partial charge in [-0.1, -0.05) is 12.1 Å². The van der Waals surface area contributed by atoms with Crippen molar-refractivity contribution >= 4 is 5.82 Å². The number of anilines is 1. The van der Waals surface area contributed by atoms with Crippen molar-refractivity contribution in [1.82, 2.24) is 9.78 Å². The lowest BCUT2D eigenvalue weighted by atomic mass is 10.0. The highest BCUT2D eigenvalue weighted by Gasteiger charge is 2.23. The summed E-state index contributed by atoms with van der Waals surface area (Å²) in [5.74, 6) is 0.858. The third kappa shape index (κ3) is 1.69. The quantitative estimate of drug-likeness (QED) is 0.817. The zero-order valence-corrected chi connectivity index (χ0v) is 9.65. The number of aromatic nitrogens is 2. The van der Waals surface area contributed by atoms with Gasteiger partial charge in [0.2, 0.25) is 0 Å². The summed E-state index contributed by atoms with van der Waals surface area (Å²) in [5.41, 5.74) is 2.11. The first-order valence-electron chi connectivity index (χ1n) is 5.79. The van der Waals surface area contributed by atoms with Crippen LogP contribution in [0.1, 0.15) is 23.6 Å². The Morgan fingerprint density at radius 1 is 1.47 bits per heavy atom. The van der Waals surface area contributed by atoms with Gasteiger partial charge in [-0.3, -0.25) is 0 Å². The monoisotopic (exact) mass is 231 g/mol. The lowest BCUT2D eigenvalue weighted by Crippen LogP contribution is -2.24. The van der Waals surface area contributed by atoms with Crippen LogP contribution in [0, 0.1) is 12.7 Å².